The Bertz CT molecular complexity index is 139. The first-order chi connectivity index (χ1) is 5.06. The van der Waals surface area contributed by atoms with Crippen LogP contribution < -0.4 is 0 Å². The van der Waals surface area contributed by atoms with E-state index >= 15 is 0 Å². The van der Waals surface area contributed by atoms with Crippen molar-refractivity contribution < 1.29 is 13.8 Å². The molecule has 68 valence electrons. The molecule has 0 heterocycles. The van der Waals surface area contributed by atoms with Crippen molar-refractivity contribution in [3.63, 3.8) is 0 Å². The highest BCUT2D eigenvalue weighted by molar-refractivity contribution is 9.09. The van der Waals surface area contributed by atoms with E-state index in [1.54, 1.807) is 0 Å². The molecule has 0 atom stereocenters. The van der Waals surface area contributed by atoms with Gasteiger partial charge in [-0.05, 0) is 22.5 Å². The molecular formula is C4H8BrCl2O3P. The normalized spacial score (nSPS) is 11.9. The molecule has 0 aliphatic heterocycles. The van der Waals surface area contributed by atoms with Crippen molar-refractivity contribution in [2.24, 2.45) is 0 Å². The van der Waals surface area contributed by atoms with E-state index in [0.29, 0.717) is 13.2 Å². The van der Waals surface area contributed by atoms with Gasteiger partial charge in [-0.25, -0.2) is 0 Å². The van der Waals surface area contributed by atoms with Crippen LogP contribution in [0.2, 0.25) is 0 Å². The highest BCUT2D eigenvalue weighted by Gasteiger charge is 2.12. The molecule has 0 saturated carbocycles. The van der Waals surface area contributed by atoms with Gasteiger partial charge < -0.3 is 9.26 Å². The van der Waals surface area contributed by atoms with Crippen LogP contribution in [0.15, 0.2) is 0 Å². The van der Waals surface area contributed by atoms with E-state index in [4.69, 9.17) is 27.2 Å². The minimum absolute atomic E-state index is 0.150. The van der Waals surface area contributed by atoms with Gasteiger partial charge in [0.15, 0.2) is 0 Å². The largest absolute Gasteiger partial charge is 0.380 e. The van der Waals surface area contributed by atoms with Gasteiger partial charge in [0.1, 0.15) is 0 Å². The fourth-order valence-corrected chi connectivity index (χ4v) is 1.29. The zero-order chi connectivity index (χ0) is 8.74. The molecule has 0 bridgehead atoms. The monoisotopic (exact) mass is 284 g/mol. The molecule has 0 saturated heterocycles. The Balaban J connectivity index is 3.09. The van der Waals surface area contributed by atoms with E-state index in [-0.39, 0.29) is 6.61 Å². The molecule has 0 aromatic heterocycles. The highest BCUT2D eigenvalue weighted by Crippen LogP contribution is 2.57. The van der Waals surface area contributed by atoms with Crippen LogP contribution in [-0.4, -0.2) is 25.2 Å². The average molecular weight is 286 g/mol. The van der Waals surface area contributed by atoms with Gasteiger partial charge in [0.25, 0.3) is 0 Å². The van der Waals surface area contributed by atoms with Crippen LogP contribution in [0.25, 0.3) is 0 Å². The lowest BCUT2D eigenvalue weighted by Gasteiger charge is -2.03. The summed E-state index contributed by atoms with van der Waals surface area (Å²) in [5, 5.41) is 0.756. The number of ether oxygens (including phenoxy) is 1. The van der Waals surface area contributed by atoms with Crippen LogP contribution in [-0.2, 0) is 13.8 Å². The van der Waals surface area contributed by atoms with Gasteiger partial charge in [-0.3, -0.25) is 4.57 Å². The van der Waals surface area contributed by atoms with Gasteiger partial charge in [0.05, 0.1) is 19.8 Å². The first-order valence-electron chi connectivity index (χ1n) is 2.84. The summed E-state index contributed by atoms with van der Waals surface area (Å²) < 4.78 is 20.0. The van der Waals surface area contributed by atoms with Crippen LogP contribution in [0.3, 0.4) is 0 Å². The fourth-order valence-electron chi connectivity index (χ4n) is 0.359. The quantitative estimate of drug-likeness (QED) is 0.428. The maximum atomic E-state index is 10.5. The maximum Gasteiger partial charge on any atom is 0.380 e. The van der Waals surface area contributed by atoms with E-state index in [9.17, 15) is 4.57 Å². The van der Waals surface area contributed by atoms with Gasteiger partial charge >= 0.3 is 6.07 Å². The van der Waals surface area contributed by atoms with Crippen LogP contribution in [0.5, 0.6) is 0 Å². The summed E-state index contributed by atoms with van der Waals surface area (Å²) in [6.07, 6.45) is -3.36. The molecule has 0 unspecified atom stereocenters. The number of halogens is 3. The lowest BCUT2D eigenvalue weighted by atomic mass is 10.8. The molecule has 0 amide bonds. The van der Waals surface area contributed by atoms with Crippen LogP contribution >= 0.6 is 44.5 Å². The Kier molecular flexibility index (Phi) is 7.43. The molecular weight excluding hydrogens is 278 g/mol. The summed E-state index contributed by atoms with van der Waals surface area (Å²) in [5.74, 6) is 0. The second-order valence-electron chi connectivity index (χ2n) is 1.55. The van der Waals surface area contributed by atoms with Crippen LogP contribution in [0.4, 0.5) is 0 Å². The third-order valence-corrected chi connectivity index (χ3v) is 2.08. The predicted octanol–water partition coefficient (Wildman–Crippen LogP) is 3.00. The second kappa shape index (κ2) is 6.70. The summed E-state index contributed by atoms with van der Waals surface area (Å²) in [7, 11) is 0. The molecule has 0 fully saturated rings. The van der Waals surface area contributed by atoms with Crippen molar-refractivity contribution in [3.8, 4) is 0 Å². The summed E-state index contributed by atoms with van der Waals surface area (Å²) >= 11 is 13.3. The first kappa shape index (κ1) is 12.2. The minimum Gasteiger partial charge on any atom is -0.378 e. The van der Waals surface area contributed by atoms with Gasteiger partial charge in [0, 0.05) is 5.33 Å². The Morgan fingerprint density at radius 3 is 2.36 bits per heavy atom. The Morgan fingerprint density at radius 1 is 1.27 bits per heavy atom. The maximum absolute atomic E-state index is 10.5. The Hall–Kier alpha value is 1.21. The molecule has 0 aliphatic rings. The lowest BCUT2D eigenvalue weighted by Crippen LogP contribution is -2.02. The summed E-state index contributed by atoms with van der Waals surface area (Å²) in [6, 6.07) is 0. The topological polar surface area (TPSA) is 35.5 Å². The van der Waals surface area contributed by atoms with Crippen molar-refractivity contribution in [2.75, 3.05) is 25.2 Å². The number of alkyl halides is 1. The SMILES string of the molecule is O=P(Cl)(Cl)OCCOCCBr. The summed E-state index contributed by atoms with van der Waals surface area (Å²) in [6.45, 7) is 1.07. The van der Waals surface area contributed by atoms with Crippen LogP contribution in [0, 0.1) is 0 Å². The summed E-state index contributed by atoms with van der Waals surface area (Å²) in [4.78, 5) is 0. The van der Waals surface area contributed by atoms with Crippen molar-refractivity contribution in [1.82, 2.24) is 0 Å². The molecule has 11 heavy (non-hydrogen) atoms. The highest BCUT2D eigenvalue weighted by atomic mass is 79.9. The third-order valence-electron chi connectivity index (χ3n) is 0.691. The Labute approximate surface area is 83.5 Å². The van der Waals surface area contributed by atoms with E-state index in [2.05, 4.69) is 20.5 Å². The molecule has 0 radical (unpaired) electrons. The minimum atomic E-state index is -3.36. The summed E-state index contributed by atoms with van der Waals surface area (Å²) in [5.41, 5.74) is 0. The first-order valence-corrected chi connectivity index (χ1v) is 7.39. The molecule has 0 aromatic rings. The van der Waals surface area contributed by atoms with Gasteiger partial charge in [-0.1, -0.05) is 15.9 Å². The number of hydrogen-bond donors (Lipinski definition) is 0. The molecule has 0 aliphatic carbocycles. The fraction of sp³-hybridized carbons (Fsp3) is 1.00. The zero-order valence-electron chi connectivity index (χ0n) is 5.63. The van der Waals surface area contributed by atoms with E-state index in [1.165, 1.54) is 0 Å². The van der Waals surface area contributed by atoms with Crippen molar-refractivity contribution in [1.29, 1.82) is 0 Å². The van der Waals surface area contributed by atoms with Crippen molar-refractivity contribution >= 4 is 44.5 Å². The Morgan fingerprint density at radius 2 is 1.91 bits per heavy atom. The van der Waals surface area contributed by atoms with Crippen molar-refractivity contribution in [3.05, 3.63) is 0 Å². The van der Waals surface area contributed by atoms with Crippen molar-refractivity contribution in [2.45, 2.75) is 0 Å². The molecule has 7 heteroatoms. The van der Waals surface area contributed by atoms with E-state index in [1.807, 2.05) is 0 Å². The van der Waals surface area contributed by atoms with Gasteiger partial charge in [-0.2, -0.15) is 0 Å². The van der Waals surface area contributed by atoms with Gasteiger partial charge in [0.2, 0.25) is 0 Å². The van der Waals surface area contributed by atoms with E-state index in [0.717, 1.165) is 5.33 Å². The molecule has 3 nitrogen and oxygen atoms in total. The third kappa shape index (κ3) is 11.2. The average Bonchev–Trinajstić information content (AvgIpc) is 1.85. The van der Waals surface area contributed by atoms with E-state index < -0.39 is 6.07 Å². The van der Waals surface area contributed by atoms with Crippen LogP contribution in [0.1, 0.15) is 0 Å². The standard InChI is InChI=1S/C4H8BrCl2O3P/c5-1-2-9-3-4-10-11(6,7)8/h1-4H2. The van der Waals surface area contributed by atoms with Gasteiger partial charge in [-0.15, -0.1) is 0 Å². The molecule has 0 spiro atoms. The molecule has 0 N–H and O–H groups in total. The predicted molar refractivity (Wildman–Crippen MR) is 49.9 cm³/mol. The second-order valence-corrected chi connectivity index (χ2v) is 6.62. The number of hydrogen-bond acceptors (Lipinski definition) is 3. The number of rotatable bonds is 6. The zero-order valence-corrected chi connectivity index (χ0v) is 9.63. The molecule has 0 aromatic carbocycles. The molecule has 0 rings (SSSR count). The lowest BCUT2D eigenvalue weighted by molar-refractivity contribution is 0.116. The smallest absolute Gasteiger partial charge is 0.378 e.